The number of amidine groups is 1. The van der Waals surface area contributed by atoms with Crippen LogP contribution in [-0.2, 0) is 0 Å². The molecule has 5 heteroatoms. The lowest BCUT2D eigenvalue weighted by Crippen LogP contribution is -2.36. The molecule has 0 unspecified atom stereocenters. The van der Waals surface area contributed by atoms with Crippen molar-refractivity contribution >= 4 is 5.84 Å². The molecule has 0 spiro atoms. The molecule has 1 fully saturated rings. The van der Waals surface area contributed by atoms with E-state index in [-0.39, 0.29) is 0 Å². The Morgan fingerprint density at radius 1 is 1.40 bits per heavy atom. The molecule has 110 valence electrons. The van der Waals surface area contributed by atoms with Crippen LogP contribution in [0.4, 0.5) is 0 Å². The van der Waals surface area contributed by atoms with Gasteiger partial charge in [0.05, 0.1) is 12.2 Å². The van der Waals surface area contributed by atoms with Crippen molar-refractivity contribution in [1.29, 1.82) is 0 Å². The first-order valence-corrected chi connectivity index (χ1v) is 7.27. The van der Waals surface area contributed by atoms with E-state index in [2.05, 4.69) is 28.9 Å². The fraction of sp³-hybridized carbons (Fsp3) is 0.600. The van der Waals surface area contributed by atoms with Gasteiger partial charge in [0.25, 0.3) is 0 Å². The van der Waals surface area contributed by atoms with E-state index in [0.717, 1.165) is 31.5 Å². The highest BCUT2D eigenvalue weighted by atomic mass is 16.5. The van der Waals surface area contributed by atoms with E-state index in [0.29, 0.717) is 24.2 Å². The predicted molar refractivity (Wildman–Crippen MR) is 78.3 cm³/mol. The summed E-state index contributed by atoms with van der Waals surface area (Å²) < 4.78 is 5.74. The number of hydrogen-bond acceptors (Lipinski definition) is 4. The van der Waals surface area contributed by atoms with Crippen molar-refractivity contribution in [3.63, 3.8) is 0 Å². The van der Waals surface area contributed by atoms with E-state index in [1.807, 2.05) is 12.1 Å². The SMILES string of the molecule is CC(C)COc1ncccc1/C(=N/O)N1CCCCC1. The molecule has 5 nitrogen and oxygen atoms in total. The van der Waals surface area contributed by atoms with Gasteiger partial charge in [-0.2, -0.15) is 0 Å². The Hall–Kier alpha value is -1.78. The normalized spacial score (nSPS) is 16.6. The van der Waals surface area contributed by atoms with Gasteiger partial charge in [0, 0.05) is 19.3 Å². The summed E-state index contributed by atoms with van der Waals surface area (Å²) >= 11 is 0. The Kier molecular flexibility index (Phi) is 5.21. The molecule has 20 heavy (non-hydrogen) atoms. The molecule has 2 rings (SSSR count). The minimum absolute atomic E-state index is 0.425. The summed E-state index contributed by atoms with van der Waals surface area (Å²) in [5.41, 5.74) is 0.762. The summed E-state index contributed by atoms with van der Waals surface area (Å²) in [4.78, 5) is 6.37. The molecule has 0 saturated carbocycles. The van der Waals surface area contributed by atoms with Crippen molar-refractivity contribution in [1.82, 2.24) is 9.88 Å². The molecule has 2 heterocycles. The van der Waals surface area contributed by atoms with Crippen molar-refractivity contribution in [3.05, 3.63) is 23.9 Å². The van der Waals surface area contributed by atoms with Gasteiger partial charge in [0.1, 0.15) is 0 Å². The van der Waals surface area contributed by atoms with Gasteiger partial charge in [-0.15, -0.1) is 0 Å². The van der Waals surface area contributed by atoms with Crippen LogP contribution in [0.3, 0.4) is 0 Å². The summed E-state index contributed by atoms with van der Waals surface area (Å²) in [5.74, 6) is 1.53. The highest BCUT2D eigenvalue weighted by Crippen LogP contribution is 2.20. The Labute approximate surface area is 120 Å². The van der Waals surface area contributed by atoms with Gasteiger partial charge in [-0.1, -0.05) is 19.0 Å². The van der Waals surface area contributed by atoms with Gasteiger partial charge in [-0.05, 0) is 37.3 Å². The van der Waals surface area contributed by atoms with Crippen LogP contribution in [0, 0.1) is 5.92 Å². The molecule has 0 bridgehead atoms. The summed E-state index contributed by atoms with van der Waals surface area (Å²) in [6.45, 7) is 6.61. The standard InChI is InChI=1S/C15H23N3O2/c1-12(2)11-20-15-13(7-6-8-16-15)14(17-19)18-9-4-3-5-10-18/h6-8,12,19H,3-5,9-11H2,1-2H3/b17-14-. The van der Waals surface area contributed by atoms with Gasteiger partial charge < -0.3 is 14.8 Å². The van der Waals surface area contributed by atoms with Crippen molar-refractivity contribution < 1.29 is 9.94 Å². The zero-order chi connectivity index (χ0) is 14.4. The van der Waals surface area contributed by atoms with Crippen LogP contribution in [0.5, 0.6) is 5.88 Å². The Balaban J connectivity index is 2.20. The maximum Gasteiger partial charge on any atom is 0.224 e. The lowest BCUT2D eigenvalue weighted by atomic mass is 10.1. The van der Waals surface area contributed by atoms with E-state index in [9.17, 15) is 5.21 Å². The molecule has 0 aliphatic carbocycles. The molecule has 1 aliphatic rings. The minimum Gasteiger partial charge on any atom is -0.477 e. The summed E-state index contributed by atoms with van der Waals surface area (Å²) in [6.07, 6.45) is 5.19. The van der Waals surface area contributed by atoms with Crippen LogP contribution in [0.1, 0.15) is 38.7 Å². The first kappa shape index (κ1) is 14.6. The van der Waals surface area contributed by atoms with Crippen LogP contribution >= 0.6 is 0 Å². The average molecular weight is 277 g/mol. The molecule has 0 aromatic carbocycles. The van der Waals surface area contributed by atoms with Gasteiger partial charge in [-0.25, -0.2) is 4.98 Å². The Morgan fingerprint density at radius 3 is 2.80 bits per heavy atom. The molecule has 0 atom stereocenters. The molecular formula is C15H23N3O2. The number of nitrogens with zero attached hydrogens (tertiary/aromatic N) is 3. The number of likely N-dealkylation sites (tertiary alicyclic amines) is 1. The van der Waals surface area contributed by atoms with Gasteiger partial charge in [0.2, 0.25) is 5.88 Å². The van der Waals surface area contributed by atoms with Crippen LogP contribution in [0.2, 0.25) is 0 Å². The lowest BCUT2D eigenvalue weighted by Gasteiger charge is -2.29. The number of ether oxygens (including phenoxy) is 1. The van der Waals surface area contributed by atoms with Gasteiger partial charge in [-0.3, -0.25) is 0 Å². The van der Waals surface area contributed by atoms with Crippen molar-refractivity contribution in [2.75, 3.05) is 19.7 Å². The molecular weight excluding hydrogens is 254 g/mol. The zero-order valence-electron chi connectivity index (χ0n) is 12.2. The second-order valence-corrected chi connectivity index (χ2v) is 5.53. The Bertz CT molecular complexity index is 454. The number of piperidine rings is 1. The number of hydrogen-bond donors (Lipinski definition) is 1. The molecule has 1 N–H and O–H groups in total. The summed E-state index contributed by atoms with van der Waals surface area (Å²) in [5, 5.41) is 12.9. The highest BCUT2D eigenvalue weighted by molar-refractivity contribution is 6.00. The van der Waals surface area contributed by atoms with Crippen molar-refractivity contribution in [2.45, 2.75) is 33.1 Å². The van der Waals surface area contributed by atoms with E-state index >= 15 is 0 Å². The third-order valence-electron chi connectivity index (χ3n) is 3.32. The quantitative estimate of drug-likeness (QED) is 0.398. The topological polar surface area (TPSA) is 58.0 Å². The fourth-order valence-corrected chi connectivity index (χ4v) is 2.31. The van der Waals surface area contributed by atoms with Gasteiger partial charge in [0.15, 0.2) is 5.84 Å². The largest absolute Gasteiger partial charge is 0.477 e. The maximum absolute atomic E-state index is 9.40. The number of rotatable bonds is 4. The zero-order valence-corrected chi connectivity index (χ0v) is 12.2. The van der Waals surface area contributed by atoms with Crippen LogP contribution in [0.15, 0.2) is 23.5 Å². The maximum atomic E-state index is 9.40. The van der Waals surface area contributed by atoms with Crippen molar-refractivity contribution in [3.8, 4) is 5.88 Å². The summed E-state index contributed by atoms with van der Waals surface area (Å²) in [7, 11) is 0. The number of aromatic nitrogens is 1. The first-order valence-electron chi connectivity index (χ1n) is 7.27. The predicted octanol–water partition coefficient (Wildman–Crippen LogP) is 2.74. The minimum atomic E-state index is 0.425. The third-order valence-corrected chi connectivity index (χ3v) is 3.32. The molecule has 0 radical (unpaired) electrons. The average Bonchev–Trinajstić information content (AvgIpc) is 2.48. The van der Waals surface area contributed by atoms with Crippen LogP contribution in [-0.4, -0.2) is 40.6 Å². The third kappa shape index (κ3) is 3.62. The molecule has 0 amide bonds. The Morgan fingerprint density at radius 2 is 2.15 bits per heavy atom. The van der Waals surface area contributed by atoms with Crippen molar-refractivity contribution in [2.24, 2.45) is 11.1 Å². The number of pyridine rings is 1. The van der Waals surface area contributed by atoms with Gasteiger partial charge >= 0.3 is 0 Å². The summed E-state index contributed by atoms with van der Waals surface area (Å²) in [6, 6.07) is 3.74. The smallest absolute Gasteiger partial charge is 0.224 e. The highest BCUT2D eigenvalue weighted by Gasteiger charge is 2.21. The van der Waals surface area contributed by atoms with E-state index < -0.39 is 0 Å². The van der Waals surface area contributed by atoms with E-state index in [4.69, 9.17) is 4.74 Å². The number of oxime groups is 1. The molecule has 1 aliphatic heterocycles. The van der Waals surface area contributed by atoms with E-state index in [1.165, 1.54) is 6.42 Å². The molecule has 1 aromatic heterocycles. The van der Waals surface area contributed by atoms with E-state index in [1.54, 1.807) is 6.20 Å². The lowest BCUT2D eigenvalue weighted by molar-refractivity contribution is 0.257. The monoisotopic (exact) mass is 277 g/mol. The fourth-order valence-electron chi connectivity index (χ4n) is 2.31. The van der Waals surface area contributed by atoms with Crippen LogP contribution < -0.4 is 4.74 Å². The second kappa shape index (κ2) is 7.12. The first-order chi connectivity index (χ1) is 9.72. The second-order valence-electron chi connectivity index (χ2n) is 5.53. The molecule has 1 saturated heterocycles. The molecule has 1 aromatic rings. The van der Waals surface area contributed by atoms with Crippen LogP contribution in [0.25, 0.3) is 0 Å².